The molecule has 0 aliphatic rings. The fraction of sp³-hybridized carbons (Fsp3) is 0.158. The van der Waals surface area contributed by atoms with Crippen molar-refractivity contribution in [3.63, 3.8) is 0 Å². The molecule has 3 rings (SSSR count). The van der Waals surface area contributed by atoms with Gasteiger partial charge in [-0.1, -0.05) is 36.4 Å². The number of carbonyl (C=O) groups is 1. The van der Waals surface area contributed by atoms with Gasteiger partial charge < -0.3 is 9.88 Å². The number of nitrogens with one attached hydrogen (secondary N) is 1. The molecular weight excluding hydrogens is 332 g/mol. The van der Waals surface area contributed by atoms with Gasteiger partial charge in [0.15, 0.2) is 0 Å². The van der Waals surface area contributed by atoms with Crippen molar-refractivity contribution >= 4 is 11.6 Å². The van der Waals surface area contributed by atoms with Crippen LogP contribution in [0.5, 0.6) is 0 Å². The standard InChI is InChI=1S/C19H18N4O3/c24-19(11-15-5-7-18(8-6-15)23(25)26)21-12-16-1-3-17(4-2-16)13-22-10-9-20-14-22/h1-10,14H,11-13H2,(H,21,24). The highest BCUT2D eigenvalue weighted by Gasteiger charge is 2.07. The summed E-state index contributed by atoms with van der Waals surface area (Å²) in [4.78, 5) is 26.2. The molecule has 1 N–H and O–H groups in total. The van der Waals surface area contributed by atoms with Crippen LogP contribution in [0.3, 0.4) is 0 Å². The molecule has 1 amide bonds. The van der Waals surface area contributed by atoms with E-state index >= 15 is 0 Å². The number of nitro benzene ring substituents is 1. The minimum atomic E-state index is -0.458. The van der Waals surface area contributed by atoms with Gasteiger partial charge in [-0.2, -0.15) is 0 Å². The minimum absolute atomic E-state index is 0.0185. The first-order valence-corrected chi connectivity index (χ1v) is 8.14. The van der Waals surface area contributed by atoms with E-state index in [1.807, 2.05) is 35.0 Å². The van der Waals surface area contributed by atoms with E-state index in [-0.39, 0.29) is 18.0 Å². The molecule has 0 fully saturated rings. The van der Waals surface area contributed by atoms with Gasteiger partial charge >= 0.3 is 0 Å². The van der Waals surface area contributed by atoms with Crippen LogP contribution in [0, 0.1) is 10.1 Å². The maximum absolute atomic E-state index is 12.0. The number of non-ortho nitro benzene ring substituents is 1. The van der Waals surface area contributed by atoms with Crippen LogP contribution in [0.25, 0.3) is 0 Å². The number of nitro groups is 1. The average Bonchev–Trinajstić information content (AvgIpc) is 3.15. The fourth-order valence-electron chi connectivity index (χ4n) is 2.54. The third-order valence-corrected chi connectivity index (χ3v) is 3.95. The second kappa shape index (κ2) is 8.06. The van der Waals surface area contributed by atoms with Crippen LogP contribution in [-0.4, -0.2) is 20.4 Å². The van der Waals surface area contributed by atoms with Gasteiger partial charge in [0, 0.05) is 37.6 Å². The third kappa shape index (κ3) is 4.76. The summed E-state index contributed by atoms with van der Waals surface area (Å²) in [5.41, 5.74) is 2.93. The Labute approximate surface area is 150 Å². The van der Waals surface area contributed by atoms with Gasteiger partial charge in [-0.05, 0) is 16.7 Å². The van der Waals surface area contributed by atoms with Crippen LogP contribution in [0.1, 0.15) is 16.7 Å². The van der Waals surface area contributed by atoms with Gasteiger partial charge in [-0.3, -0.25) is 14.9 Å². The van der Waals surface area contributed by atoms with Crippen LogP contribution in [0.4, 0.5) is 5.69 Å². The monoisotopic (exact) mass is 350 g/mol. The Balaban J connectivity index is 1.48. The Morgan fingerprint density at radius 1 is 1.04 bits per heavy atom. The lowest BCUT2D eigenvalue weighted by Gasteiger charge is -2.07. The number of rotatable bonds is 7. The molecule has 0 unspecified atom stereocenters. The summed E-state index contributed by atoms with van der Waals surface area (Å²) in [6, 6.07) is 14.0. The van der Waals surface area contributed by atoms with E-state index in [1.54, 1.807) is 24.7 Å². The summed E-state index contributed by atoms with van der Waals surface area (Å²) in [5, 5.41) is 13.5. The Kier molecular flexibility index (Phi) is 5.38. The summed E-state index contributed by atoms with van der Waals surface area (Å²) >= 11 is 0. The lowest BCUT2D eigenvalue weighted by Crippen LogP contribution is -2.24. The van der Waals surface area contributed by atoms with E-state index < -0.39 is 4.92 Å². The molecule has 1 aromatic heterocycles. The molecule has 7 nitrogen and oxygen atoms in total. The van der Waals surface area contributed by atoms with Crippen molar-refractivity contribution in [3.05, 3.63) is 94.1 Å². The summed E-state index contributed by atoms with van der Waals surface area (Å²) < 4.78 is 1.99. The normalized spacial score (nSPS) is 10.5. The first-order chi connectivity index (χ1) is 12.6. The molecule has 0 aliphatic carbocycles. The van der Waals surface area contributed by atoms with Crippen molar-refractivity contribution in [1.29, 1.82) is 0 Å². The summed E-state index contributed by atoms with van der Waals surface area (Å²) in [5.74, 6) is -0.124. The molecule has 0 saturated heterocycles. The minimum Gasteiger partial charge on any atom is -0.352 e. The van der Waals surface area contributed by atoms with Gasteiger partial charge in [-0.15, -0.1) is 0 Å². The average molecular weight is 350 g/mol. The van der Waals surface area contributed by atoms with E-state index in [0.29, 0.717) is 6.54 Å². The van der Waals surface area contributed by atoms with Gasteiger partial charge in [0.2, 0.25) is 5.91 Å². The lowest BCUT2D eigenvalue weighted by molar-refractivity contribution is -0.384. The van der Waals surface area contributed by atoms with E-state index in [0.717, 1.165) is 23.2 Å². The summed E-state index contributed by atoms with van der Waals surface area (Å²) in [6.45, 7) is 1.20. The molecule has 26 heavy (non-hydrogen) atoms. The highest BCUT2D eigenvalue weighted by molar-refractivity contribution is 5.78. The van der Waals surface area contributed by atoms with Gasteiger partial charge in [0.1, 0.15) is 0 Å². The number of imidazole rings is 1. The van der Waals surface area contributed by atoms with Gasteiger partial charge in [-0.25, -0.2) is 4.98 Å². The SMILES string of the molecule is O=C(Cc1ccc([N+](=O)[O-])cc1)NCc1ccc(Cn2ccnc2)cc1. The zero-order valence-corrected chi connectivity index (χ0v) is 14.0. The maximum Gasteiger partial charge on any atom is 0.269 e. The smallest absolute Gasteiger partial charge is 0.269 e. The van der Waals surface area contributed by atoms with E-state index in [4.69, 9.17) is 0 Å². The number of carbonyl (C=O) groups excluding carboxylic acids is 1. The van der Waals surface area contributed by atoms with E-state index in [1.165, 1.54) is 12.1 Å². The molecule has 0 radical (unpaired) electrons. The van der Waals surface area contributed by atoms with Crippen molar-refractivity contribution in [2.24, 2.45) is 0 Å². The molecule has 7 heteroatoms. The number of nitrogens with zero attached hydrogens (tertiary/aromatic N) is 3. The Morgan fingerprint density at radius 2 is 1.69 bits per heavy atom. The molecule has 0 bridgehead atoms. The molecule has 0 spiro atoms. The predicted octanol–water partition coefficient (Wildman–Crippen LogP) is 2.70. The Bertz CT molecular complexity index is 872. The number of amides is 1. The van der Waals surface area contributed by atoms with Crippen molar-refractivity contribution in [1.82, 2.24) is 14.9 Å². The zero-order chi connectivity index (χ0) is 18.4. The molecular formula is C19H18N4O3. The van der Waals surface area contributed by atoms with Crippen LogP contribution in [0.2, 0.25) is 0 Å². The highest BCUT2D eigenvalue weighted by Crippen LogP contribution is 2.12. The Hall–Kier alpha value is -3.48. The second-order valence-corrected chi connectivity index (χ2v) is 5.93. The second-order valence-electron chi connectivity index (χ2n) is 5.93. The fourth-order valence-corrected chi connectivity index (χ4v) is 2.54. The van der Waals surface area contributed by atoms with Crippen LogP contribution in [-0.2, 0) is 24.3 Å². The molecule has 0 saturated carbocycles. The van der Waals surface area contributed by atoms with Gasteiger partial charge in [0.05, 0.1) is 17.7 Å². The van der Waals surface area contributed by atoms with Crippen LogP contribution >= 0.6 is 0 Å². The molecule has 132 valence electrons. The lowest BCUT2D eigenvalue weighted by atomic mass is 10.1. The zero-order valence-electron chi connectivity index (χ0n) is 14.0. The van der Waals surface area contributed by atoms with Crippen molar-refractivity contribution in [2.45, 2.75) is 19.5 Å². The van der Waals surface area contributed by atoms with Crippen molar-refractivity contribution < 1.29 is 9.72 Å². The maximum atomic E-state index is 12.0. The van der Waals surface area contributed by atoms with Crippen molar-refractivity contribution in [2.75, 3.05) is 0 Å². The van der Waals surface area contributed by atoms with Crippen LogP contribution < -0.4 is 5.32 Å². The quantitative estimate of drug-likeness (QED) is 0.524. The molecule has 3 aromatic rings. The summed E-state index contributed by atoms with van der Waals surface area (Å²) in [6.07, 6.45) is 5.62. The summed E-state index contributed by atoms with van der Waals surface area (Å²) in [7, 11) is 0. The number of hydrogen-bond donors (Lipinski definition) is 1. The molecule has 0 atom stereocenters. The number of hydrogen-bond acceptors (Lipinski definition) is 4. The molecule has 0 aliphatic heterocycles. The highest BCUT2D eigenvalue weighted by atomic mass is 16.6. The predicted molar refractivity (Wildman–Crippen MR) is 96.4 cm³/mol. The molecule has 1 heterocycles. The first kappa shape index (κ1) is 17.3. The molecule has 2 aromatic carbocycles. The largest absolute Gasteiger partial charge is 0.352 e. The van der Waals surface area contributed by atoms with E-state index in [9.17, 15) is 14.9 Å². The van der Waals surface area contributed by atoms with E-state index in [2.05, 4.69) is 10.3 Å². The van der Waals surface area contributed by atoms with Crippen molar-refractivity contribution in [3.8, 4) is 0 Å². The van der Waals surface area contributed by atoms with Gasteiger partial charge in [0.25, 0.3) is 5.69 Å². The topological polar surface area (TPSA) is 90.1 Å². The number of aromatic nitrogens is 2. The number of benzene rings is 2. The third-order valence-electron chi connectivity index (χ3n) is 3.95. The van der Waals surface area contributed by atoms with Crippen LogP contribution in [0.15, 0.2) is 67.3 Å². The Morgan fingerprint density at radius 3 is 2.31 bits per heavy atom. The first-order valence-electron chi connectivity index (χ1n) is 8.14.